The summed E-state index contributed by atoms with van der Waals surface area (Å²) in [6, 6.07) is 10.4. The summed E-state index contributed by atoms with van der Waals surface area (Å²) < 4.78 is 21.0. The van der Waals surface area contributed by atoms with Crippen LogP contribution in [0.4, 0.5) is 0 Å². The smallest absolute Gasteiger partial charge is 0.255 e. The van der Waals surface area contributed by atoms with E-state index < -0.39 is 0 Å². The highest BCUT2D eigenvalue weighted by Crippen LogP contribution is 2.30. The summed E-state index contributed by atoms with van der Waals surface area (Å²) in [5, 5.41) is 2.96. The van der Waals surface area contributed by atoms with Gasteiger partial charge in [-0.2, -0.15) is 0 Å². The molecule has 0 fully saturated rings. The number of ether oxygens (including phenoxy) is 4. The Hall–Kier alpha value is -2.89. The number of nitrogens with one attached hydrogen (secondary N) is 1. The van der Waals surface area contributed by atoms with Crippen LogP contribution in [0.3, 0.4) is 0 Å². The molecule has 2 rings (SSSR count). The van der Waals surface area contributed by atoms with Gasteiger partial charge in [-0.1, -0.05) is 6.07 Å². The van der Waals surface area contributed by atoms with Crippen molar-refractivity contribution in [3.8, 4) is 23.0 Å². The zero-order valence-electron chi connectivity index (χ0n) is 15.1. The molecule has 2 aromatic carbocycles. The third-order valence-electron chi connectivity index (χ3n) is 3.91. The first-order chi connectivity index (χ1) is 12.0. The van der Waals surface area contributed by atoms with Crippen molar-refractivity contribution in [1.29, 1.82) is 0 Å². The molecule has 0 unspecified atom stereocenters. The quantitative estimate of drug-likeness (QED) is 0.835. The summed E-state index contributed by atoms with van der Waals surface area (Å²) in [4.78, 5) is 12.6. The van der Waals surface area contributed by atoms with Crippen LogP contribution in [0.2, 0.25) is 0 Å². The number of carbonyl (C=O) groups excluding carboxylic acids is 1. The standard InChI is InChI=1S/C19H23NO5/c1-12(13-6-9-16(23-3)18(10-13)25-5)20-19(21)15-8-7-14(22-2)11-17(15)24-4/h6-12H,1-5H3,(H,20,21)/t12-/m0/s1. The molecule has 1 N–H and O–H groups in total. The Bertz CT molecular complexity index is 745. The number of hydrogen-bond donors (Lipinski definition) is 1. The molecule has 0 heterocycles. The summed E-state index contributed by atoms with van der Waals surface area (Å²) in [5.74, 6) is 2.10. The van der Waals surface area contributed by atoms with Gasteiger partial charge in [0.05, 0.1) is 40.0 Å². The van der Waals surface area contributed by atoms with Crippen molar-refractivity contribution in [3.63, 3.8) is 0 Å². The first-order valence-electron chi connectivity index (χ1n) is 7.78. The Balaban J connectivity index is 2.20. The maximum absolute atomic E-state index is 12.6. The van der Waals surface area contributed by atoms with E-state index in [0.29, 0.717) is 28.6 Å². The summed E-state index contributed by atoms with van der Waals surface area (Å²) in [7, 11) is 6.24. The van der Waals surface area contributed by atoms with Gasteiger partial charge in [0.1, 0.15) is 11.5 Å². The van der Waals surface area contributed by atoms with Crippen LogP contribution in [0, 0.1) is 0 Å². The maximum Gasteiger partial charge on any atom is 0.255 e. The second kappa shape index (κ2) is 8.28. The van der Waals surface area contributed by atoms with Gasteiger partial charge in [0, 0.05) is 6.07 Å². The first kappa shape index (κ1) is 18.4. The van der Waals surface area contributed by atoms with Gasteiger partial charge < -0.3 is 24.3 Å². The van der Waals surface area contributed by atoms with E-state index in [2.05, 4.69) is 5.32 Å². The molecule has 0 aromatic heterocycles. The normalized spacial score (nSPS) is 11.4. The SMILES string of the molecule is COc1ccc(C(=O)N[C@@H](C)c2ccc(OC)c(OC)c2)c(OC)c1. The van der Waals surface area contributed by atoms with E-state index in [4.69, 9.17) is 18.9 Å². The molecule has 2 aromatic rings. The minimum atomic E-state index is -0.234. The molecule has 0 aliphatic heterocycles. The lowest BCUT2D eigenvalue weighted by atomic mass is 10.1. The number of carbonyl (C=O) groups is 1. The van der Waals surface area contributed by atoms with Crippen LogP contribution < -0.4 is 24.3 Å². The minimum absolute atomic E-state index is 0.223. The van der Waals surface area contributed by atoms with Crippen LogP contribution in [-0.2, 0) is 0 Å². The Morgan fingerprint density at radius 2 is 1.52 bits per heavy atom. The third-order valence-corrected chi connectivity index (χ3v) is 3.91. The predicted octanol–water partition coefficient (Wildman–Crippen LogP) is 3.21. The average Bonchev–Trinajstić information content (AvgIpc) is 2.66. The lowest BCUT2D eigenvalue weighted by Gasteiger charge is -2.17. The number of methoxy groups -OCH3 is 4. The van der Waals surface area contributed by atoms with Crippen LogP contribution in [0.5, 0.6) is 23.0 Å². The van der Waals surface area contributed by atoms with Crippen molar-refractivity contribution in [2.75, 3.05) is 28.4 Å². The number of hydrogen-bond acceptors (Lipinski definition) is 5. The minimum Gasteiger partial charge on any atom is -0.497 e. The molecule has 25 heavy (non-hydrogen) atoms. The molecule has 0 radical (unpaired) electrons. The van der Waals surface area contributed by atoms with E-state index in [1.54, 1.807) is 39.5 Å². The molecule has 0 aliphatic rings. The molecule has 0 saturated heterocycles. The van der Waals surface area contributed by atoms with E-state index >= 15 is 0 Å². The maximum atomic E-state index is 12.6. The zero-order chi connectivity index (χ0) is 18.4. The van der Waals surface area contributed by atoms with E-state index in [-0.39, 0.29) is 11.9 Å². The van der Waals surface area contributed by atoms with Crippen LogP contribution in [-0.4, -0.2) is 34.3 Å². The van der Waals surface area contributed by atoms with Crippen molar-refractivity contribution >= 4 is 5.91 Å². The lowest BCUT2D eigenvalue weighted by Crippen LogP contribution is -2.27. The van der Waals surface area contributed by atoms with Crippen molar-refractivity contribution in [2.45, 2.75) is 13.0 Å². The molecule has 0 aliphatic carbocycles. The fraction of sp³-hybridized carbons (Fsp3) is 0.316. The van der Waals surface area contributed by atoms with Crippen LogP contribution >= 0.6 is 0 Å². The van der Waals surface area contributed by atoms with E-state index in [1.807, 2.05) is 25.1 Å². The molecule has 0 saturated carbocycles. The largest absolute Gasteiger partial charge is 0.497 e. The molecule has 6 heteroatoms. The highest BCUT2D eigenvalue weighted by atomic mass is 16.5. The first-order valence-corrected chi connectivity index (χ1v) is 7.78. The van der Waals surface area contributed by atoms with Crippen LogP contribution in [0.25, 0.3) is 0 Å². The summed E-state index contributed by atoms with van der Waals surface area (Å²) in [6.45, 7) is 1.90. The predicted molar refractivity (Wildman–Crippen MR) is 95.0 cm³/mol. The summed E-state index contributed by atoms with van der Waals surface area (Å²) >= 11 is 0. The van der Waals surface area contributed by atoms with E-state index in [0.717, 1.165) is 5.56 Å². The molecular weight excluding hydrogens is 322 g/mol. The topological polar surface area (TPSA) is 66.0 Å². The molecule has 6 nitrogen and oxygen atoms in total. The molecular formula is C19H23NO5. The van der Waals surface area contributed by atoms with E-state index in [9.17, 15) is 4.79 Å². The molecule has 0 spiro atoms. The number of rotatable bonds is 7. The molecule has 0 bridgehead atoms. The lowest BCUT2D eigenvalue weighted by molar-refractivity contribution is 0.0936. The van der Waals surface area contributed by atoms with Gasteiger partial charge >= 0.3 is 0 Å². The Kier molecular flexibility index (Phi) is 6.11. The monoisotopic (exact) mass is 345 g/mol. The second-order valence-electron chi connectivity index (χ2n) is 5.38. The molecule has 1 atom stereocenters. The zero-order valence-corrected chi connectivity index (χ0v) is 15.1. The number of amides is 1. The van der Waals surface area contributed by atoms with Crippen molar-refractivity contribution in [2.24, 2.45) is 0 Å². The number of benzene rings is 2. The highest BCUT2D eigenvalue weighted by molar-refractivity contribution is 5.97. The van der Waals surface area contributed by atoms with Gasteiger partial charge in [-0.05, 0) is 36.8 Å². The Morgan fingerprint density at radius 1 is 0.840 bits per heavy atom. The van der Waals surface area contributed by atoms with Gasteiger partial charge in [-0.3, -0.25) is 4.79 Å². The van der Waals surface area contributed by atoms with Crippen molar-refractivity contribution in [3.05, 3.63) is 47.5 Å². The molecule has 134 valence electrons. The van der Waals surface area contributed by atoms with Gasteiger partial charge in [-0.25, -0.2) is 0 Å². The highest BCUT2D eigenvalue weighted by Gasteiger charge is 2.17. The average molecular weight is 345 g/mol. The van der Waals surface area contributed by atoms with Gasteiger partial charge in [0.25, 0.3) is 5.91 Å². The van der Waals surface area contributed by atoms with Crippen LogP contribution in [0.1, 0.15) is 28.9 Å². The van der Waals surface area contributed by atoms with Gasteiger partial charge in [-0.15, -0.1) is 0 Å². The summed E-state index contributed by atoms with van der Waals surface area (Å²) in [6.07, 6.45) is 0. The third kappa shape index (κ3) is 4.15. The van der Waals surface area contributed by atoms with Crippen LogP contribution in [0.15, 0.2) is 36.4 Å². The van der Waals surface area contributed by atoms with Crippen molar-refractivity contribution in [1.82, 2.24) is 5.32 Å². The van der Waals surface area contributed by atoms with Gasteiger partial charge in [0.2, 0.25) is 0 Å². The fourth-order valence-electron chi connectivity index (χ4n) is 2.47. The van der Waals surface area contributed by atoms with Gasteiger partial charge in [0.15, 0.2) is 11.5 Å². The molecule has 1 amide bonds. The second-order valence-corrected chi connectivity index (χ2v) is 5.38. The van der Waals surface area contributed by atoms with E-state index in [1.165, 1.54) is 7.11 Å². The van der Waals surface area contributed by atoms with Crippen molar-refractivity contribution < 1.29 is 23.7 Å². The Labute approximate surface area is 147 Å². The Morgan fingerprint density at radius 3 is 2.12 bits per heavy atom. The summed E-state index contributed by atoms with van der Waals surface area (Å²) in [5.41, 5.74) is 1.34. The fourth-order valence-corrected chi connectivity index (χ4v) is 2.47.